The van der Waals surface area contributed by atoms with Gasteiger partial charge in [-0.1, -0.05) is 31.7 Å². The fourth-order valence-electron chi connectivity index (χ4n) is 3.37. The molecule has 138 valence electrons. The number of aromatic hydroxyl groups is 1. The minimum absolute atomic E-state index is 0.0921. The molecule has 26 heavy (non-hydrogen) atoms. The number of para-hydroxylation sites is 1. The fraction of sp³-hybridized carbons (Fsp3) is 0.421. The molecule has 1 fully saturated rings. The van der Waals surface area contributed by atoms with E-state index in [2.05, 4.69) is 16.0 Å². The number of rotatable bonds is 5. The summed E-state index contributed by atoms with van der Waals surface area (Å²) in [5.41, 5.74) is -0.448. The first kappa shape index (κ1) is 18.0. The van der Waals surface area contributed by atoms with Gasteiger partial charge in [0.25, 0.3) is 16.8 Å². The van der Waals surface area contributed by atoms with Crippen molar-refractivity contribution in [2.24, 2.45) is 0 Å². The maximum Gasteiger partial charge on any atom is 0.254 e. The predicted molar refractivity (Wildman–Crippen MR) is 101 cm³/mol. The molecule has 2 aromatic carbocycles. The van der Waals surface area contributed by atoms with E-state index in [0.717, 1.165) is 25.7 Å². The maximum atomic E-state index is 12.0. The van der Waals surface area contributed by atoms with Crippen LogP contribution in [0.4, 0.5) is 17.1 Å². The topological polar surface area (TPSA) is 108 Å². The highest BCUT2D eigenvalue weighted by Gasteiger charge is 2.25. The molecule has 0 saturated heterocycles. The molecule has 1 amide bonds. The second kappa shape index (κ2) is 7.59. The van der Waals surface area contributed by atoms with Crippen molar-refractivity contribution >= 4 is 23.0 Å². The zero-order chi connectivity index (χ0) is 18.7. The van der Waals surface area contributed by atoms with Crippen LogP contribution < -0.4 is 26.8 Å². The van der Waals surface area contributed by atoms with E-state index in [-0.39, 0.29) is 34.4 Å². The number of hydrogen-bond acceptors (Lipinski definition) is 6. The van der Waals surface area contributed by atoms with E-state index in [0.29, 0.717) is 0 Å². The number of nitrogens with one attached hydrogen (secondary N) is 3. The number of carbonyl (C=O) groups excluding carboxylic acids is 1. The van der Waals surface area contributed by atoms with Crippen molar-refractivity contribution in [3.8, 4) is 5.75 Å². The summed E-state index contributed by atoms with van der Waals surface area (Å²) in [6.07, 6.45) is 6.52. The first-order valence-corrected chi connectivity index (χ1v) is 8.94. The van der Waals surface area contributed by atoms with E-state index >= 15 is 0 Å². The molecule has 4 N–H and O–H groups in total. The van der Waals surface area contributed by atoms with Gasteiger partial charge in [-0.25, -0.2) is 0 Å². The highest BCUT2D eigenvalue weighted by molar-refractivity contribution is 5.99. The molecule has 7 heteroatoms. The Morgan fingerprint density at radius 2 is 1.69 bits per heavy atom. The van der Waals surface area contributed by atoms with Crippen LogP contribution in [0.25, 0.3) is 0 Å². The monoisotopic (exact) mass is 357 g/mol. The standard InChI is InChI=1S/C19H23N3O4/c1-20-19(26)12-9-6-10-13(16(12)23)22-15-14(17(24)18(15)25)21-11-7-4-2-3-5-8-11/h6,9-11,21-23H,2-5,7-8H2,1H3,(H,20,26). The molecule has 1 aliphatic carbocycles. The third-order valence-electron chi connectivity index (χ3n) is 4.88. The van der Waals surface area contributed by atoms with Crippen LogP contribution in [0.15, 0.2) is 27.8 Å². The van der Waals surface area contributed by atoms with Gasteiger partial charge in [-0.15, -0.1) is 0 Å². The van der Waals surface area contributed by atoms with Crippen LogP contribution in [0, 0.1) is 0 Å². The van der Waals surface area contributed by atoms with Crippen LogP contribution in [-0.4, -0.2) is 24.1 Å². The quantitative estimate of drug-likeness (QED) is 0.371. The molecule has 0 aromatic heterocycles. The van der Waals surface area contributed by atoms with Gasteiger partial charge in [-0.2, -0.15) is 0 Å². The van der Waals surface area contributed by atoms with Crippen LogP contribution in [-0.2, 0) is 0 Å². The number of hydrogen-bond donors (Lipinski definition) is 4. The molecule has 3 rings (SSSR count). The Balaban J connectivity index is 1.83. The normalized spacial score (nSPS) is 15.4. The zero-order valence-corrected chi connectivity index (χ0v) is 14.7. The first-order valence-electron chi connectivity index (χ1n) is 8.94. The summed E-state index contributed by atoms with van der Waals surface area (Å²) < 4.78 is 0. The smallest absolute Gasteiger partial charge is 0.254 e. The van der Waals surface area contributed by atoms with Crippen LogP contribution in [0.5, 0.6) is 5.75 Å². The van der Waals surface area contributed by atoms with E-state index in [4.69, 9.17) is 0 Å². The molecule has 1 saturated carbocycles. The van der Waals surface area contributed by atoms with Crippen molar-refractivity contribution < 1.29 is 9.90 Å². The molecule has 0 bridgehead atoms. The fourth-order valence-corrected chi connectivity index (χ4v) is 3.37. The van der Waals surface area contributed by atoms with Crippen LogP contribution >= 0.6 is 0 Å². The Bertz CT molecular complexity index is 875. The van der Waals surface area contributed by atoms with Crippen molar-refractivity contribution in [2.45, 2.75) is 44.6 Å². The molecule has 0 spiro atoms. The number of phenolic OH excluding ortho intramolecular Hbond substituents is 1. The van der Waals surface area contributed by atoms with Crippen molar-refractivity contribution in [3.63, 3.8) is 0 Å². The molecular weight excluding hydrogens is 334 g/mol. The second-order valence-electron chi connectivity index (χ2n) is 6.65. The Labute approximate surface area is 151 Å². The van der Waals surface area contributed by atoms with Crippen LogP contribution in [0.1, 0.15) is 48.9 Å². The summed E-state index contributed by atoms with van der Waals surface area (Å²) in [4.78, 5) is 35.8. The average molecular weight is 357 g/mol. The van der Waals surface area contributed by atoms with Crippen molar-refractivity contribution in [2.75, 3.05) is 17.7 Å². The van der Waals surface area contributed by atoms with Gasteiger partial charge in [-0.3, -0.25) is 14.4 Å². The van der Waals surface area contributed by atoms with Crippen molar-refractivity contribution in [3.05, 3.63) is 44.2 Å². The minimum Gasteiger partial charge on any atom is -0.505 e. The van der Waals surface area contributed by atoms with Crippen molar-refractivity contribution in [1.29, 1.82) is 0 Å². The number of benzene rings is 1. The van der Waals surface area contributed by atoms with Gasteiger partial charge in [0.2, 0.25) is 0 Å². The Hall–Kier alpha value is -2.83. The van der Waals surface area contributed by atoms with Gasteiger partial charge >= 0.3 is 0 Å². The molecule has 0 aliphatic heterocycles. The summed E-state index contributed by atoms with van der Waals surface area (Å²) in [7, 11) is 1.47. The average Bonchev–Trinajstić information content (AvgIpc) is 2.93. The Morgan fingerprint density at radius 1 is 1.04 bits per heavy atom. The maximum absolute atomic E-state index is 12.0. The summed E-state index contributed by atoms with van der Waals surface area (Å²) in [6.45, 7) is 0. The molecule has 7 nitrogen and oxygen atoms in total. The molecule has 0 radical (unpaired) electrons. The molecular formula is C19H23N3O4. The van der Waals surface area contributed by atoms with Crippen LogP contribution in [0.2, 0.25) is 0 Å². The van der Waals surface area contributed by atoms with Gasteiger partial charge < -0.3 is 21.1 Å². The third-order valence-corrected chi connectivity index (χ3v) is 4.88. The SMILES string of the molecule is CNC(=O)c1cccc(Nc2c(NC3CCCCCC3)c(=O)c2=O)c1O. The van der Waals surface area contributed by atoms with Crippen LogP contribution in [0.3, 0.4) is 0 Å². The van der Waals surface area contributed by atoms with E-state index in [1.165, 1.54) is 26.0 Å². The number of anilines is 3. The highest BCUT2D eigenvalue weighted by Crippen LogP contribution is 2.32. The van der Waals surface area contributed by atoms with E-state index < -0.39 is 16.8 Å². The highest BCUT2D eigenvalue weighted by atomic mass is 16.3. The first-order chi connectivity index (χ1) is 12.5. The molecule has 1 aliphatic rings. The summed E-state index contributed by atoms with van der Waals surface area (Å²) in [5, 5.41) is 18.8. The molecule has 0 heterocycles. The van der Waals surface area contributed by atoms with Gasteiger partial charge in [0, 0.05) is 13.1 Å². The van der Waals surface area contributed by atoms with Crippen molar-refractivity contribution in [1.82, 2.24) is 5.32 Å². The Kier molecular flexibility index (Phi) is 5.25. The number of phenols is 1. The second-order valence-corrected chi connectivity index (χ2v) is 6.65. The number of carbonyl (C=O) groups is 1. The minimum atomic E-state index is -0.620. The largest absolute Gasteiger partial charge is 0.505 e. The lowest BCUT2D eigenvalue weighted by Crippen LogP contribution is -2.39. The Morgan fingerprint density at radius 3 is 2.35 bits per heavy atom. The molecule has 0 unspecified atom stereocenters. The van der Waals surface area contributed by atoms with E-state index in [1.54, 1.807) is 12.1 Å². The summed E-state index contributed by atoms with van der Waals surface area (Å²) in [6, 6.07) is 4.80. The summed E-state index contributed by atoms with van der Waals surface area (Å²) >= 11 is 0. The molecule has 2 aromatic rings. The molecule has 0 atom stereocenters. The summed E-state index contributed by atoms with van der Waals surface area (Å²) in [5.74, 6) is -0.701. The lowest BCUT2D eigenvalue weighted by molar-refractivity contribution is 0.0960. The lowest BCUT2D eigenvalue weighted by Gasteiger charge is -2.21. The zero-order valence-electron chi connectivity index (χ0n) is 14.7. The van der Waals surface area contributed by atoms with Gasteiger partial charge in [-0.05, 0) is 25.0 Å². The predicted octanol–water partition coefficient (Wildman–Crippen LogP) is 2.23. The van der Waals surface area contributed by atoms with Gasteiger partial charge in [0.1, 0.15) is 11.4 Å². The van der Waals surface area contributed by atoms with E-state index in [9.17, 15) is 19.5 Å². The van der Waals surface area contributed by atoms with Gasteiger partial charge in [0.05, 0.1) is 11.3 Å². The third kappa shape index (κ3) is 3.42. The number of amides is 1. The van der Waals surface area contributed by atoms with Gasteiger partial charge in [0.15, 0.2) is 5.75 Å². The lowest BCUT2D eigenvalue weighted by atomic mass is 10.1. The van der Waals surface area contributed by atoms with E-state index in [1.807, 2.05) is 0 Å².